The van der Waals surface area contributed by atoms with E-state index >= 15 is 0 Å². The van der Waals surface area contributed by atoms with Crippen LogP contribution in [0.15, 0.2) is 24.5 Å². The van der Waals surface area contributed by atoms with Crippen LogP contribution in [0.2, 0.25) is 0 Å². The van der Waals surface area contributed by atoms with E-state index in [1.165, 1.54) is 20.6 Å². The third kappa shape index (κ3) is 4.10. The number of nitrogens with one attached hydrogen (secondary N) is 1. The van der Waals surface area contributed by atoms with Crippen molar-refractivity contribution in [1.29, 1.82) is 0 Å². The molecule has 0 radical (unpaired) electrons. The predicted octanol–water partition coefficient (Wildman–Crippen LogP) is 1.58. The minimum atomic E-state index is -0.0520. The van der Waals surface area contributed by atoms with E-state index in [1.807, 2.05) is 6.92 Å². The highest BCUT2D eigenvalue weighted by Gasteiger charge is 2.10. The summed E-state index contributed by atoms with van der Waals surface area (Å²) in [5, 5.41) is 6.94. The van der Waals surface area contributed by atoms with Gasteiger partial charge in [-0.25, -0.2) is 0 Å². The second-order valence-electron chi connectivity index (χ2n) is 4.66. The number of aromatic nitrogens is 2. The summed E-state index contributed by atoms with van der Waals surface area (Å²) in [5.41, 5.74) is 6.11. The second kappa shape index (κ2) is 5.88. The van der Waals surface area contributed by atoms with Gasteiger partial charge in [-0.2, -0.15) is 5.10 Å². The van der Waals surface area contributed by atoms with Crippen LogP contribution >= 0.6 is 11.3 Å². The highest BCUT2D eigenvalue weighted by Crippen LogP contribution is 2.16. The molecule has 0 bridgehead atoms. The molecule has 1 atom stereocenters. The van der Waals surface area contributed by atoms with Crippen LogP contribution in [-0.2, 0) is 17.8 Å². The van der Waals surface area contributed by atoms with Crippen molar-refractivity contribution >= 4 is 22.9 Å². The minimum absolute atomic E-state index is 0.0520. The van der Waals surface area contributed by atoms with Crippen molar-refractivity contribution < 1.29 is 4.79 Å². The molecule has 1 amide bonds. The van der Waals surface area contributed by atoms with Gasteiger partial charge in [-0.3, -0.25) is 9.48 Å². The summed E-state index contributed by atoms with van der Waals surface area (Å²) in [6, 6.07) is 4.32. The summed E-state index contributed by atoms with van der Waals surface area (Å²) >= 11 is 1.77. The van der Waals surface area contributed by atoms with Crippen LogP contribution in [0.4, 0.5) is 5.69 Å². The number of amides is 1. The molecule has 2 aromatic heterocycles. The van der Waals surface area contributed by atoms with Crippen molar-refractivity contribution in [3.05, 3.63) is 34.3 Å². The normalized spacial score (nSPS) is 12.3. The van der Waals surface area contributed by atoms with Crippen LogP contribution < -0.4 is 11.1 Å². The Hall–Kier alpha value is -1.82. The van der Waals surface area contributed by atoms with Gasteiger partial charge in [0.15, 0.2) is 0 Å². The number of nitrogens with two attached hydrogens (primary N) is 1. The first-order chi connectivity index (χ1) is 9.02. The van der Waals surface area contributed by atoms with E-state index in [2.05, 4.69) is 29.5 Å². The molecule has 0 aliphatic rings. The van der Waals surface area contributed by atoms with E-state index in [0.29, 0.717) is 5.69 Å². The van der Waals surface area contributed by atoms with Gasteiger partial charge in [0.25, 0.3) is 0 Å². The molecular weight excluding hydrogens is 260 g/mol. The molecule has 0 saturated carbocycles. The number of carbonyl (C=O) groups excluding carboxylic acids is 1. The Morgan fingerprint density at radius 3 is 2.95 bits per heavy atom. The zero-order chi connectivity index (χ0) is 13.8. The van der Waals surface area contributed by atoms with Gasteiger partial charge < -0.3 is 11.1 Å². The molecule has 0 saturated heterocycles. The summed E-state index contributed by atoms with van der Waals surface area (Å²) in [4.78, 5) is 14.4. The predicted molar refractivity (Wildman–Crippen MR) is 77.0 cm³/mol. The van der Waals surface area contributed by atoms with Crippen molar-refractivity contribution in [2.24, 2.45) is 0 Å². The number of anilines is 1. The Balaban J connectivity index is 1.81. The molecule has 0 aromatic carbocycles. The van der Waals surface area contributed by atoms with Crippen molar-refractivity contribution in [3.63, 3.8) is 0 Å². The monoisotopic (exact) mass is 278 g/mol. The van der Waals surface area contributed by atoms with Gasteiger partial charge in [0.1, 0.15) is 6.54 Å². The zero-order valence-electron chi connectivity index (χ0n) is 11.1. The number of carbonyl (C=O) groups is 1. The van der Waals surface area contributed by atoms with Gasteiger partial charge >= 0.3 is 0 Å². The lowest BCUT2D eigenvalue weighted by atomic mass is 10.2. The van der Waals surface area contributed by atoms with E-state index in [4.69, 9.17) is 5.73 Å². The molecular formula is C13H18N4OS. The van der Waals surface area contributed by atoms with E-state index in [0.717, 1.165) is 6.42 Å². The number of aryl methyl sites for hydroxylation is 1. The van der Waals surface area contributed by atoms with Crippen LogP contribution in [0.5, 0.6) is 0 Å². The molecule has 19 heavy (non-hydrogen) atoms. The Morgan fingerprint density at radius 1 is 1.58 bits per heavy atom. The van der Waals surface area contributed by atoms with E-state index < -0.39 is 0 Å². The number of thiophene rings is 1. The average Bonchev–Trinajstić information content (AvgIpc) is 2.87. The molecule has 102 valence electrons. The van der Waals surface area contributed by atoms with Crippen molar-refractivity contribution in [3.8, 4) is 0 Å². The van der Waals surface area contributed by atoms with E-state index in [9.17, 15) is 4.79 Å². The van der Waals surface area contributed by atoms with E-state index in [1.54, 1.807) is 17.5 Å². The molecule has 0 spiro atoms. The number of hydrogen-bond acceptors (Lipinski definition) is 4. The van der Waals surface area contributed by atoms with Gasteiger partial charge in [-0.15, -0.1) is 11.3 Å². The molecule has 0 aliphatic heterocycles. The van der Waals surface area contributed by atoms with Crippen LogP contribution in [0.25, 0.3) is 0 Å². The fourth-order valence-electron chi connectivity index (χ4n) is 1.88. The molecule has 3 N–H and O–H groups in total. The third-order valence-corrected chi connectivity index (χ3v) is 3.69. The lowest BCUT2D eigenvalue weighted by molar-refractivity contribution is -0.122. The van der Waals surface area contributed by atoms with Crippen molar-refractivity contribution in [1.82, 2.24) is 15.1 Å². The molecule has 0 aliphatic carbocycles. The third-order valence-electron chi connectivity index (χ3n) is 2.67. The van der Waals surface area contributed by atoms with Crippen LogP contribution in [0.1, 0.15) is 16.7 Å². The Labute approximate surface area is 116 Å². The molecule has 2 rings (SSSR count). The van der Waals surface area contributed by atoms with Crippen LogP contribution in [-0.4, -0.2) is 21.7 Å². The maximum atomic E-state index is 11.8. The molecule has 5 nitrogen and oxygen atoms in total. The van der Waals surface area contributed by atoms with Crippen LogP contribution in [0, 0.1) is 6.92 Å². The summed E-state index contributed by atoms with van der Waals surface area (Å²) in [6.45, 7) is 4.29. The zero-order valence-corrected chi connectivity index (χ0v) is 11.9. The highest BCUT2D eigenvalue weighted by molar-refractivity contribution is 7.11. The lowest BCUT2D eigenvalue weighted by Crippen LogP contribution is -2.36. The van der Waals surface area contributed by atoms with Gasteiger partial charge in [-0.1, -0.05) is 0 Å². The minimum Gasteiger partial charge on any atom is -0.396 e. The highest BCUT2D eigenvalue weighted by atomic mass is 32.1. The van der Waals surface area contributed by atoms with Gasteiger partial charge in [0.05, 0.1) is 11.9 Å². The Bertz CT molecular complexity index is 560. The summed E-state index contributed by atoms with van der Waals surface area (Å²) < 4.78 is 1.53. The standard InChI is InChI=1S/C13H18N4OS/c1-9(5-12-4-3-10(2)19-12)16-13(18)8-17-7-11(14)6-15-17/h3-4,6-7,9H,5,8,14H2,1-2H3,(H,16,18). The molecule has 2 heterocycles. The number of hydrogen-bond donors (Lipinski definition) is 2. The number of rotatable bonds is 5. The average molecular weight is 278 g/mol. The lowest BCUT2D eigenvalue weighted by Gasteiger charge is -2.12. The SMILES string of the molecule is Cc1ccc(CC(C)NC(=O)Cn2cc(N)cn2)s1. The molecule has 1 unspecified atom stereocenters. The summed E-state index contributed by atoms with van der Waals surface area (Å²) in [5.74, 6) is -0.0520. The largest absolute Gasteiger partial charge is 0.396 e. The first-order valence-electron chi connectivity index (χ1n) is 6.15. The Morgan fingerprint density at radius 2 is 2.37 bits per heavy atom. The van der Waals surface area contributed by atoms with Crippen molar-refractivity contribution in [2.75, 3.05) is 5.73 Å². The van der Waals surface area contributed by atoms with E-state index in [-0.39, 0.29) is 18.5 Å². The number of nitrogen functional groups attached to an aromatic ring is 1. The second-order valence-corrected chi connectivity index (χ2v) is 6.03. The van der Waals surface area contributed by atoms with Crippen molar-refractivity contribution in [2.45, 2.75) is 32.9 Å². The van der Waals surface area contributed by atoms with Gasteiger partial charge in [0.2, 0.25) is 5.91 Å². The van der Waals surface area contributed by atoms with Crippen LogP contribution in [0.3, 0.4) is 0 Å². The van der Waals surface area contributed by atoms with Gasteiger partial charge in [0, 0.05) is 28.4 Å². The maximum absolute atomic E-state index is 11.8. The Kier molecular flexibility index (Phi) is 4.21. The quantitative estimate of drug-likeness (QED) is 0.872. The molecule has 6 heteroatoms. The number of nitrogens with zero attached hydrogens (tertiary/aromatic N) is 2. The first kappa shape index (κ1) is 13.6. The fourth-order valence-corrected chi connectivity index (χ4v) is 2.90. The van der Waals surface area contributed by atoms with Gasteiger partial charge in [-0.05, 0) is 26.0 Å². The smallest absolute Gasteiger partial charge is 0.241 e. The molecule has 0 fully saturated rings. The fraction of sp³-hybridized carbons (Fsp3) is 0.385. The summed E-state index contributed by atoms with van der Waals surface area (Å²) in [7, 11) is 0. The topological polar surface area (TPSA) is 72.9 Å². The summed E-state index contributed by atoms with van der Waals surface area (Å²) in [6.07, 6.45) is 4.03. The molecule has 2 aromatic rings. The maximum Gasteiger partial charge on any atom is 0.241 e. The first-order valence-corrected chi connectivity index (χ1v) is 6.97.